The second-order valence-corrected chi connectivity index (χ2v) is 7.35. The average Bonchev–Trinajstić information content (AvgIpc) is 2.88. The first-order chi connectivity index (χ1) is 17.0. The third kappa shape index (κ3) is 5.77. The van der Waals surface area contributed by atoms with Crippen molar-refractivity contribution in [2.24, 2.45) is 5.10 Å². The van der Waals surface area contributed by atoms with E-state index in [0.717, 1.165) is 11.1 Å². The zero-order chi connectivity index (χ0) is 24.6. The standard InChI is InChI=1S/C26H19N5O4/c27-14-22-23(19-6-2-1-3-7-19)29-26(30-24(22)32)31-28-15-17-9-11-21(12-10-17)35-16-18-5-4-8-20(13-18)25(33)34/h1-13,15H,16H2,(H,33,34)(H2,29,30,31,32). The Morgan fingerprint density at radius 3 is 2.60 bits per heavy atom. The smallest absolute Gasteiger partial charge is 0.335 e. The van der Waals surface area contributed by atoms with E-state index < -0.39 is 11.5 Å². The number of hydrogen-bond acceptors (Lipinski definition) is 7. The monoisotopic (exact) mass is 465 g/mol. The molecule has 35 heavy (non-hydrogen) atoms. The number of aromatic carboxylic acids is 1. The minimum Gasteiger partial charge on any atom is -0.489 e. The predicted molar refractivity (Wildman–Crippen MR) is 130 cm³/mol. The first-order valence-corrected chi connectivity index (χ1v) is 10.5. The van der Waals surface area contributed by atoms with Gasteiger partial charge in [0.2, 0.25) is 5.95 Å². The highest BCUT2D eigenvalue weighted by Gasteiger charge is 2.12. The van der Waals surface area contributed by atoms with Crippen molar-refractivity contribution in [2.75, 3.05) is 5.43 Å². The second-order valence-electron chi connectivity index (χ2n) is 7.35. The summed E-state index contributed by atoms with van der Waals surface area (Å²) in [6.07, 6.45) is 1.54. The molecule has 0 atom stereocenters. The molecular weight excluding hydrogens is 446 g/mol. The number of ether oxygens (including phenoxy) is 1. The third-order valence-corrected chi connectivity index (χ3v) is 4.92. The summed E-state index contributed by atoms with van der Waals surface area (Å²) in [6.45, 7) is 0.234. The van der Waals surface area contributed by atoms with Crippen LogP contribution in [0.3, 0.4) is 0 Å². The van der Waals surface area contributed by atoms with Gasteiger partial charge in [-0.15, -0.1) is 0 Å². The maximum Gasteiger partial charge on any atom is 0.335 e. The van der Waals surface area contributed by atoms with Gasteiger partial charge in [0.05, 0.1) is 17.5 Å². The number of rotatable bonds is 8. The van der Waals surface area contributed by atoms with Crippen molar-refractivity contribution in [3.8, 4) is 23.1 Å². The van der Waals surface area contributed by atoms with E-state index in [1.165, 1.54) is 6.07 Å². The van der Waals surface area contributed by atoms with Gasteiger partial charge in [-0.25, -0.2) is 15.2 Å². The Morgan fingerprint density at radius 2 is 1.89 bits per heavy atom. The number of carboxylic acids is 1. The summed E-state index contributed by atoms with van der Waals surface area (Å²) in [4.78, 5) is 30.2. The van der Waals surface area contributed by atoms with Crippen molar-refractivity contribution in [2.45, 2.75) is 6.61 Å². The van der Waals surface area contributed by atoms with Crippen LogP contribution in [0.15, 0.2) is 88.8 Å². The molecule has 0 spiro atoms. The van der Waals surface area contributed by atoms with E-state index >= 15 is 0 Å². The molecule has 0 saturated carbocycles. The number of H-pyrrole nitrogens is 1. The Kier molecular flexibility index (Phi) is 6.94. The van der Waals surface area contributed by atoms with E-state index in [1.807, 2.05) is 12.1 Å². The molecule has 9 nitrogen and oxygen atoms in total. The molecular formula is C26H19N5O4. The fraction of sp³-hybridized carbons (Fsp3) is 0.0385. The topological polar surface area (TPSA) is 140 Å². The molecule has 0 radical (unpaired) electrons. The van der Waals surface area contributed by atoms with Crippen LogP contribution >= 0.6 is 0 Å². The van der Waals surface area contributed by atoms with Gasteiger partial charge in [-0.2, -0.15) is 10.4 Å². The van der Waals surface area contributed by atoms with Crippen LogP contribution in [0.4, 0.5) is 5.95 Å². The Morgan fingerprint density at radius 1 is 1.11 bits per heavy atom. The van der Waals surface area contributed by atoms with Gasteiger partial charge in [0.15, 0.2) is 0 Å². The van der Waals surface area contributed by atoms with Gasteiger partial charge in [-0.3, -0.25) is 9.78 Å². The minimum atomic E-state index is -0.985. The van der Waals surface area contributed by atoms with Crippen LogP contribution in [0.1, 0.15) is 27.0 Å². The highest BCUT2D eigenvalue weighted by Crippen LogP contribution is 2.19. The van der Waals surface area contributed by atoms with E-state index in [2.05, 4.69) is 20.5 Å². The number of hydrazone groups is 1. The summed E-state index contributed by atoms with van der Waals surface area (Å²) in [7, 11) is 0. The Labute approximate surface area is 200 Å². The van der Waals surface area contributed by atoms with E-state index in [9.17, 15) is 14.9 Å². The number of benzene rings is 3. The van der Waals surface area contributed by atoms with Crippen molar-refractivity contribution in [3.05, 3.63) is 111 Å². The zero-order valence-electron chi connectivity index (χ0n) is 18.3. The lowest BCUT2D eigenvalue weighted by Crippen LogP contribution is -2.16. The van der Waals surface area contributed by atoms with E-state index in [0.29, 0.717) is 11.3 Å². The first kappa shape index (κ1) is 22.9. The SMILES string of the molecule is N#Cc1c(-c2ccccc2)nc(NN=Cc2ccc(OCc3cccc(C(=O)O)c3)cc2)[nH]c1=O. The van der Waals surface area contributed by atoms with E-state index in [-0.39, 0.29) is 29.4 Å². The summed E-state index contributed by atoms with van der Waals surface area (Å²) in [6, 6.07) is 24.5. The van der Waals surface area contributed by atoms with Crippen LogP contribution in [0, 0.1) is 11.3 Å². The molecule has 4 aromatic rings. The third-order valence-electron chi connectivity index (χ3n) is 4.92. The number of aromatic nitrogens is 2. The Bertz CT molecular complexity index is 1470. The molecule has 172 valence electrons. The van der Waals surface area contributed by atoms with Crippen molar-refractivity contribution < 1.29 is 14.6 Å². The molecule has 0 unspecified atom stereocenters. The van der Waals surface area contributed by atoms with Gasteiger partial charge in [0.25, 0.3) is 5.56 Å². The molecule has 0 amide bonds. The summed E-state index contributed by atoms with van der Waals surface area (Å²) in [5, 5.41) is 22.5. The molecule has 0 saturated heterocycles. The van der Waals surface area contributed by atoms with Crippen molar-refractivity contribution >= 4 is 18.1 Å². The highest BCUT2D eigenvalue weighted by atomic mass is 16.5. The Balaban J connectivity index is 1.41. The first-order valence-electron chi connectivity index (χ1n) is 10.5. The van der Waals surface area contributed by atoms with E-state index in [1.54, 1.807) is 72.9 Å². The number of nitrogens with one attached hydrogen (secondary N) is 2. The van der Waals surface area contributed by atoms with E-state index in [4.69, 9.17) is 9.84 Å². The molecule has 4 rings (SSSR count). The number of carbonyl (C=O) groups is 1. The van der Waals surface area contributed by atoms with Crippen LogP contribution in [-0.4, -0.2) is 27.3 Å². The summed E-state index contributed by atoms with van der Waals surface area (Å²) >= 11 is 0. The molecule has 3 N–H and O–H groups in total. The van der Waals surface area contributed by atoms with Gasteiger partial charge in [0.1, 0.15) is 24.0 Å². The number of carboxylic acid groups (broad SMARTS) is 1. The summed E-state index contributed by atoms with van der Waals surface area (Å²) < 4.78 is 5.72. The maximum atomic E-state index is 12.3. The van der Waals surface area contributed by atoms with Gasteiger partial charge < -0.3 is 9.84 Å². The molecule has 0 aliphatic carbocycles. The molecule has 9 heteroatoms. The number of nitriles is 1. The lowest BCUT2D eigenvalue weighted by Gasteiger charge is -2.07. The largest absolute Gasteiger partial charge is 0.489 e. The normalized spacial score (nSPS) is 10.6. The zero-order valence-corrected chi connectivity index (χ0v) is 18.3. The summed E-state index contributed by atoms with van der Waals surface area (Å²) in [5.74, 6) is -0.269. The average molecular weight is 465 g/mol. The van der Waals surface area contributed by atoms with Crippen LogP contribution in [0.25, 0.3) is 11.3 Å². The van der Waals surface area contributed by atoms with Crippen LogP contribution in [-0.2, 0) is 6.61 Å². The van der Waals surface area contributed by atoms with Gasteiger partial charge in [-0.05, 0) is 47.5 Å². The van der Waals surface area contributed by atoms with Gasteiger partial charge in [-0.1, -0.05) is 42.5 Å². The molecule has 0 aliphatic rings. The molecule has 0 aliphatic heterocycles. The van der Waals surface area contributed by atoms with Crippen molar-refractivity contribution in [1.82, 2.24) is 9.97 Å². The number of anilines is 1. The fourth-order valence-corrected chi connectivity index (χ4v) is 3.21. The maximum absolute atomic E-state index is 12.3. The minimum absolute atomic E-state index is 0.0731. The van der Waals surface area contributed by atoms with Crippen molar-refractivity contribution in [3.63, 3.8) is 0 Å². The number of nitrogens with zero attached hydrogens (tertiary/aromatic N) is 3. The second kappa shape index (κ2) is 10.6. The van der Waals surface area contributed by atoms with Gasteiger partial charge in [0, 0.05) is 5.56 Å². The van der Waals surface area contributed by atoms with Crippen LogP contribution < -0.4 is 15.7 Å². The van der Waals surface area contributed by atoms with Gasteiger partial charge >= 0.3 is 5.97 Å². The lowest BCUT2D eigenvalue weighted by atomic mass is 10.1. The molecule has 1 aromatic heterocycles. The molecule has 0 bridgehead atoms. The highest BCUT2D eigenvalue weighted by molar-refractivity contribution is 5.87. The van der Waals surface area contributed by atoms with Crippen molar-refractivity contribution in [1.29, 1.82) is 5.26 Å². The quantitative estimate of drug-likeness (QED) is 0.263. The number of hydrogen-bond donors (Lipinski definition) is 3. The Hall–Kier alpha value is -5.23. The number of aromatic amines is 1. The van der Waals surface area contributed by atoms with Crippen LogP contribution in [0.5, 0.6) is 5.75 Å². The fourth-order valence-electron chi connectivity index (χ4n) is 3.21. The van der Waals surface area contributed by atoms with Crippen LogP contribution in [0.2, 0.25) is 0 Å². The molecule has 1 heterocycles. The molecule has 3 aromatic carbocycles. The predicted octanol–water partition coefficient (Wildman–Crippen LogP) is 4.03. The molecule has 0 fully saturated rings. The summed E-state index contributed by atoms with van der Waals surface area (Å²) in [5.41, 5.74) is 4.68. The lowest BCUT2D eigenvalue weighted by molar-refractivity contribution is 0.0696.